The zero-order valence-electron chi connectivity index (χ0n) is 14.0. The van der Waals surface area contributed by atoms with E-state index in [-0.39, 0.29) is 12.4 Å². The number of Topliss-reactive ketones (excluding diaryl/α,β-unsaturated/α-hetero) is 1. The number of aromatic amines is 1. The summed E-state index contributed by atoms with van der Waals surface area (Å²) in [6.45, 7) is 2.00. The van der Waals surface area contributed by atoms with Crippen LogP contribution in [0.5, 0.6) is 0 Å². The first-order chi connectivity index (χ1) is 12.1. The lowest BCUT2D eigenvalue weighted by Gasteiger charge is -2.16. The largest absolute Gasteiger partial charge is 0.453 e. The minimum atomic E-state index is -0.403. The van der Waals surface area contributed by atoms with E-state index in [4.69, 9.17) is 4.74 Å². The van der Waals surface area contributed by atoms with Gasteiger partial charge in [0.05, 0.1) is 0 Å². The summed E-state index contributed by atoms with van der Waals surface area (Å²) in [5, 5.41) is 0.851. The van der Waals surface area contributed by atoms with Gasteiger partial charge in [-0.1, -0.05) is 25.1 Å². The number of carbonyl (C=O) groups is 2. The van der Waals surface area contributed by atoms with E-state index in [1.165, 1.54) is 28.2 Å². The van der Waals surface area contributed by atoms with E-state index < -0.39 is 5.97 Å². The van der Waals surface area contributed by atoms with Crippen molar-refractivity contribution in [2.45, 2.75) is 26.2 Å². The molecule has 4 nitrogen and oxygen atoms in total. The van der Waals surface area contributed by atoms with Crippen LogP contribution in [0.3, 0.4) is 0 Å². The highest BCUT2D eigenvalue weighted by Gasteiger charge is 2.22. The molecule has 1 unspecified atom stereocenters. The Kier molecular flexibility index (Phi) is 4.17. The number of esters is 1. The molecule has 3 aromatic rings. The third-order valence-corrected chi connectivity index (χ3v) is 5.97. The first-order valence-corrected chi connectivity index (χ1v) is 9.31. The number of ketones is 1. The number of carbonyl (C=O) groups excluding carboxylic acids is 2. The number of rotatable bonds is 4. The molecule has 1 atom stereocenters. The van der Waals surface area contributed by atoms with Gasteiger partial charge in [0.15, 0.2) is 6.61 Å². The molecule has 0 radical (unpaired) electrons. The minimum absolute atomic E-state index is 0.194. The van der Waals surface area contributed by atoms with Crippen LogP contribution in [0.1, 0.15) is 43.8 Å². The van der Waals surface area contributed by atoms with Crippen LogP contribution >= 0.6 is 11.3 Å². The van der Waals surface area contributed by atoms with Gasteiger partial charge >= 0.3 is 5.97 Å². The van der Waals surface area contributed by atoms with Crippen molar-refractivity contribution in [3.63, 3.8) is 0 Å². The molecule has 1 aliphatic rings. The van der Waals surface area contributed by atoms with Crippen LogP contribution in [-0.2, 0) is 17.6 Å². The lowest BCUT2D eigenvalue weighted by atomic mass is 9.90. The van der Waals surface area contributed by atoms with Gasteiger partial charge in [-0.2, -0.15) is 0 Å². The average molecular weight is 353 g/mol. The van der Waals surface area contributed by atoms with Gasteiger partial charge in [-0.25, -0.2) is 4.79 Å². The zero-order chi connectivity index (χ0) is 17.4. The summed E-state index contributed by atoms with van der Waals surface area (Å²) in [6.07, 6.45) is 4.89. The highest BCUT2D eigenvalue weighted by Crippen LogP contribution is 2.32. The summed E-state index contributed by atoms with van der Waals surface area (Å²) < 4.78 is 5.28. The first kappa shape index (κ1) is 16.1. The number of aromatic nitrogens is 1. The number of ether oxygens (including phenoxy) is 1. The molecule has 2 heterocycles. The number of nitrogens with one attached hydrogen (secondary N) is 1. The van der Waals surface area contributed by atoms with Crippen LogP contribution < -0.4 is 0 Å². The highest BCUT2D eigenvalue weighted by atomic mass is 32.1. The second-order valence-corrected chi connectivity index (χ2v) is 7.79. The fourth-order valence-corrected chi connectivity index (χ4v) is 4.49. The summed E-state index contributed by atoms with van der Waals surface area (Å²) in [6, 6.07) is 9.53. The Morgan fingerprint density at radius 3 is 3.04 bits per heavy atom. The average Bonchev–Trinajstić information content (AvgIpc) is 3.23. The van der Waals surface area contributed by atoms with Gasteiger partial charge < -0.3 is 9.72 Å². The van der Waals surface area contributed by atoms with Gasteiger partial charge in [0.25, 0.3) is 0 Å². The van der Waals surface area contributed by atoms with E-state index >= 15 is 0 Å². The summed E-state index contributed by atoms with van der Waals surface area (Å²) in [5.41, 5.74) is 2.72. The predicted octanol–water partition coefficient (Wildman–Crippen LogP) is 4.39. The molecule has 4 rings (SSSR count). The maximum absolute atomic E-state index is 12.4. The molecule has 0 fully saturated rings. The Balaban J connectivity index is 1.44. The normalized spacial score (nSPS) is 16.6. The summed E-state index contributed by atoms with van der Waals surface area (Å²) in [5.74, 6) is 0.0652. The maximum atomic E-state index is 12.4. The topological polar surface area (TPSA) is 59.2 Å². The van der Waals surface area contributed by atoms with Crippen molar-refractivity contribution >= 4 is 34.0 Å². The Labute approximate surface area is 149 Å². The highest BCUT2D eigenvalue weighted by molar-refractivity contribution is 7.14. The van der Waals surface area contributed by atoms with Crippen molar-refractivity contribution in [3.05, 3.63) is 57.4 Å². The van der Waals surface area contributed by atoms with Crippen LogP contribution in [0.2, 0.25) is 0 Å². The molecule has 128 valence electrons. The van der Waals surface area contributed by atoms with Gasteiger partial charge in [0.2, 0.25) is 5.78 Å². The number of hydrogen-bond acceptors (Lipinski definition) is 4. The maximum Gasteiger partial charge on any atom is 0.348 e. The Hall–Kier alpha value is -2.40. The van der Waals surface area contributed by atoms with E-state index in [1.807, 2.05) is 30.3 Å². The van der Waals surface area contributed by atoms with Crippen LogP contribution in [0.25, 0.3) is 10.9 Å². The summed E-state index contributed by atoms with van der Waals surface area (Å²) in [7, 11) is 0. The third-order valence-electron chi connectivity index (χ3n) is 4.75. The molecule has 5 heteroatoms. The third kappa shape index (κ3) is 3.12. The predicted molar refractivity (Wildman–Crippen MR) is 98.4 cm³/mol. The fraction of sp³-hybridized carbons (Fsp3) is 0.300. The summed E-state index contributed by atoms with van der Waals surface area (Å²) in [4.78, 5) is 29.7. The molecule has 2 aromatic heterocycles. The molecule has 0 spiro atoms. The van der Waals surface area contributed by atoms with E-state index in [2.05, 4.69) is 11.9 Å². The first-order valence-electron chi connectivity index (χ1n) is 8.50. The SMILES string of the molecule is CC1CCc2sc(C(=O)OCC(=O)c3c[nH]c4ccccc34)cc2C1. The number of aryl methyl sites for hydroxylation is 1. The van der Waals surface area contributed by atoms with Crippen LogP contribution in [0, 0.1) is 5.92 Å². The van der Waals surface area contributed by atoms with Crippen molar-refractivity contribution < 1.29 is 14.3 Å². The van der Waals surface area contributed by atoms with Crippen molar-refractivity contribution in [2.75, 3.05) is 6.61 Å². The fourth-order valence-electron chi connectivity index (χ4n) is 3.39. The number of fused-ring (bicyclic) bond motifs is 2. The van der Waals surface area contributed by atoms with Crippen molar-refractivity contribution in [2.24, 2.45) is 5.92 Å². The number of hydrogen-bond donors (Lipinski definition) is 1. The molecular formula is C20H19NO3S. The van der Waals surface area contributed by atoms with Gasteiger partial charge in [0, 0.05) is 27.5 Å². The minimum Gasteiger partial charge on any atom is -0.453 e. The van der Waals surface area contributed by atoms with E-state index in [0.717, 1.165) is 23.7 Å². The van der Waals surface area contributed by atoms with Gasteiger partial charge in [-0.3, -0.25) is 4.79 Å². The van der Waals surface area contributed by atoms with Crippen molar-refractivity contribution in [1.29, 1.82) is 0 Å². The Morgan fingerprint density at radius 2 is 2.16 bits per heavy atom. The second-order valence-electron chi connectivity index (χ2n) is 6.65. The van der Waals surface area contributed by atoms with Gasteiger partial charge in [-0.05, 0) is 42.9 Å². The van der Waals surface area contributed by atoms with Crippen LogP contribution in [-0.4, -0.2) is 23.3 Å². The lowest BCUT2D eigenvalue weighted by Crippen LogP contribution is -2.13. The number of para-hydroxylation sites is 1. The lowest BCUT2D eigenvalue weighted by molar-refractivity contribution is 0.0480. The molecule has 0 bridgehead atoms. The molecule has 0 amide bonds. The Bertz CT molecular complexity index is 953. The van der Waals surface area contributed by atoms with Gasteiger partial charge in [-0.15, -0.1) is 11.3 Å². The summed E-state index contributed by atoms with van der Waals surface area (Å²) >= 11 is 1.51. The quantitative estimate of drug-likeness (QED) is 0.559. The molecule has 25 heavy (non-hydrogen) atoms. The van der Waals surface area contributed by atoms with Crippen LogP contribution in [0.4, 0.5) is 0 Å². The van der Waals surface area contributed by atoms with Crippen molar-refractivity contribution in [1.82, 2.24) is 4.98 Å². The second kappa shape index (κ2) is 6.48. The molecule has 1 aliphatic carbocycles. The molecule has 1 aromatic carbocycles. The number of H-pyrrole nitrogens is 1. The molecule has 0 saturated carbocycles. The van der Waals surface area contributed by atoms with Crippen molar-refractivity contribution in [3.8, 4) is 0 Å². The number of thiophene rings is 1. The molecule has 1 N–H and O–H groups in total. The van der Waals surface area contributed by atoms with E-state index in [9.17, 15) is 9.59 Å². The molecular weight excluding hydrogens is 334 g/mol. The van der Waals surface area contributed by atoms with Gasteiger partial charge in [0.1, 0.15) is 4.88 Å². The smallest absolute Gasteiger partial charge is 0.348 e. The monoisotopic (exact) mass is 353 g/mol. The Morgan fingerprint density at radius 1 is 1.32 bits per heavy atom. The van der Waals surface area contributed by atoms with Crippen LogP contribution in [0.15, 0.2) is 36.5 Å². The molecule has 0 aliphatic heterocycles. The van der Waals surface area contributed by atoms with E-state index in [1.54, 1.807) is 6.20 Å². The zero-order valence-corrected chi connectivity index (χ0v) is 14.8. The van der Waals surface area contributed by atoms with E-state index in [0.29, 0.717) is 16.4 Å². The number of benzene rings is 1. The standard InChI is InChI=1S/C20H19NO3S/c1-12-6-7-18-13(8-12)9-19(25-18)20(23)24-11-17(22)15-10-21-16-5-3-2-4-14(15)16/h2-5,9-10,12,21H,6-8,11H2,1H3. The molecule has 0 saturated heterocycles.